The summed E-state index contributed by atoms with van der Waals surface area (Å²) in [5, 5.41) is 10.1. The van der Waals surface area contributed by atoms with Crippen molar-refractivity contribution in [3.63, 3.8) is 0 Å². The van der Waals surface area contributed by atoms with Crippen LogP contribution in [0.15, 0.2) is 24.3 Å². The molecular formula is C10H13ClO3S. The summed E-state index contributed by atoms with van der Waals surface area (Å²) in [5.74, 6) is -0.223. The number of hydrogen-bond acceptors (Lipinski definition) is 3. The SMILES string of the molecule is CS(=O)(=O)CC(O)Cc1cccc(Cl)c1. The molecule has 15 heavy (non-hydrogen) atoms. The van der Waals surface area contributed by atoms with Crippen LogP contribution in [0, 0.1) is 0 Å². The van der Waals surface area contributed by atoms with Crippen molar-refractivity contribution in [3.8, 4) is 0 Å². The smallest absolute Gasteiger partial charge is 0.150 e. The Balaban J connectivity index is 2.63. The average molecular weight is 249 g/mol. The summed E-state index contributed by atoms with van der Waals surface area (Å²) < 4.78 is 21.8. The molecule has 0 heterocycles. The molecule has 0 saturated heterocycles. The molecule has 1 unspecified atom stereocenters. The van der Waals surface area contributed by atoms with E-state index < -0.39 is 15.9 Å². The van der Waals surface area contributed by atoms with Gasteiger partial charge in [-0.25, -0.2) is 8.42 Å². The molecule has 1 aromatic carbocycles. The lowest BCUT2D eigenvalue weighted by molar-refractivity contribution is 0.198. The van der Waals surface area contributed by atoms with Gasteiger partial charge in [0.05, 0.1) is 11.9 Å². The zero-order valence-corrected chi connectivity index (χ0v) is 9.92. The fraction of sp³-hybridized carbons (Fsp3) is 0.400. The van der Waals surface area contributed by atoms with Gasteiger partial charge in [-0.1, -0.05) is 23.7 Å². The Labute approximate surface area is 94.6 Å². The maximum absolute atomic E-state index is 10.9. The fourth-order valence-electron chi connectivity index (χ4n) is 1.34. The molecule has 3 nitrogen and oxygen atoms in total. The minimum Gasteiger partial charge on any atom is -0.392 e. The van der Waals surface area contributed by atoms with Gasteiger partial charge in [-0.15, -0.1) is 0 Å². The van der Waals surface area contributed by atoms with E-state index in [-0.39, 0.29) is 5.75 Å². The number of benzene rings is 1. The van der Waals surface area contributed by atoms with Gasteiger partial charge in [0.25, 0.3) is 0 Å². The van der Waals surface area contributed by atoms with E-state index in [4.69, 9.17) is 11.6 Å². The second-order valence-electron chi connectivity index (χ2n) is 3.58. The number of sulfone groups is 1. The predicted molar refractivity (Wildman–Crippen MR) is 60.9 cm³/mol. The second-order valence-corrected chi connectivity index (χ2v) is 6.20. The molecule has 0 spiro atoms. The first kappa shape index (κ1) is 12.5. The van der Waals surface area contributed by atoms with E-state index in [2.05, 4.69) is 0 Å². The van der Waals surface area contributed by atoms with E-state index in [0.717, 1.165) is 11.8 Å². The van der Waals surface area contributed by atoms with Crippen LogP contribution in [0.25, 0.3) is 0 Å². The normalized spacial score (nSPS) is 13.8. The van der Waals surface area contributed by atoms with Crippen molar-refractivity contribution in [2.24, 2.45) is 0 Å². The summed E-state index contributed by atoms with van der Waals surface area (Å²) in [7, 11) is -3.14. The first-order chi connectivity index (χ1) is 6.87. The number of rotatable bonds is 4. The molecular weight excluding hydrogens is 236 g/mol. The number of halogens is 1. The third-order valence-corrected chi connectivity index (χ3v) is 3.08. The lowest BCUT2D eigenvalue weighted by atomic mass is 10.1. The molecule has 84 valence electrons. The molecule has 0 aromatic heterocycles. The topological polar surface area (TPSA) is 54.4 Å². The molecule has 0 bridgehead atoms. The van der Waals surface area contributed by atoms with Gasteiger partial charge in [-0.05, 0) is 24.1 Å². The minimum absolute atomic E-state index is 0.223. The quantitative estimate of drug-likeness (QED) is 0.874. The molecule has 0 saturated carbocycles. The van der Waals surface area contributed by atoms with Crippen LogP contribution in [0.4, 0.5) is 0 Å². The Morgan fingerprint density at radius 2 is 2.13 bits per heavy atom. The van der Waals surface area contributed by atoms with Gasteiger partial charge in [0.15, 0.2) is 0 Å². The maximum atomic E-state index is 10.9. The van der Waals surface area contributed by atoms with Crippen LogP contribution in [-0.4, -0.2) is 31.6 Å². The van der Waals surface area contributed by atoms with Gasteiger partial charge in [0, 0.05) is 11.3 Å². The summed E-state index contributed by atoms with van der Waals surface area (Å²) in [6, 6.07) is 7.02. The summed E-state index contributed by atoms with van der Waals surface area (Å²) in [6.45, 7) is 0. The number of aliphatic hydroxyl groups excluding tert-OH is 1. The van der Waals surface area contributed by atoms with Crippen LogP contribution in [0.3, 0.4) is 0 Å². The summed E-state index contributed by atoms with van der Waals surface area (Å²) in [5.41, 5.74) is 0.832. The Morgan fingerprint density at radius 1 is 1.47 bits per heavy atom. The van der Waals surface area contributed by atoms with Crippen molar-refractivity contribution in [3.05, 3.63) is 34.9 Å². The van der Waals surface area contributed by atoms with Crippen molar-refractivity contribution in [2.45, 2.75) is 12.5 Å². The van der Waals surface area contributed by atoms with Crippen molar-refractivity contribution < 1.29 is 13.5 Å². The second kappa shape index (κ2) is 4.96. The fourth-order valence-corrected chi connectivity index (χ4v) is 2.37. The molecule has 0 aliphatic heterocycles. The highest BCUT2D eigenvalue weighted by atomic mass is 35.5. The highest BCUT2D eigenvalue weighted by molar-refractivity contribution is 7.90. The Morgan fingerprint density at radius 3 is 2.67 bits per heavy atom. The standard InChI is InChI=1S/C10H13ClO3S/c1-15(13,14)7-10(12)6-8-3-2-4-9(11)5-8/h2-5,10,12H,6-7H2,1H3. The van der Waals surface area contributed by atoms with Crippen LogP contribution in [0.5, 0.6) is 0 Å². The lowest BCUT2D eigenvalue weighted by Gasteiger charge is -2.09. The Kier molecular flexibility index (Phi) is 4.13. The van der Waals surface area contributed by atoms with Crippen LogP contribution in [0.2, 0.25) is 5.02 Å². The van der Waals surface area contributed by atoms with Gasteiger partial charge < -0.3 is 5.11 Å². The third-order valence-electron chi connectivity index (χ3n) is 1.86. The molecule has 0 aliphatic carbocycles. The Hall–Kier alpha value is -0.580. The van der Waals surface area contributed by atoms with Crippen molar-refractivity contribution in [1.29, 1.82) is 0 Å². The number of aliphatic hydroxyl groups is 1. The molecule has 0 fully saturated rings. The van der Waals surface area contributed by atoms with E-state index >= 15 is 0 Å². The van der Waals surface area contributed by atoms with E-state index in [1.165, 1.54) is 0 Å². The monoisotopic (exact) mass is 248 g/mol. The van der Waals surface area contributed by atoms with Crippen LogP contribution in [-0.2, 0) is 16.3 Å². The third kappa shape index (κ3) is 5.16. The van der Waals surface area contributed by atoms with Crippen LogP contribution in [0.1, 0.15) is 5.56 Å². The average Bonchev–Trinajstić information content (AvgIpc) is 1.99. The van der Waals surface area contributed by atoms with Gasteiger partial charge in [0.1, 0.15) is 9.84 Å². The van der Waals surface area contributed by atoms with Crippen molar-refractivity contribution >= 4 is 21.4 Å². The largest absolute Gasteiger partial charge is 0.392 e. The zero-order chi connectivity index (χ0) is 11.5. The summed E-state index contributed by atoms with van der Waals surface area (Å²) >= 11 is 5.76. The molecule has 1 atom stereocenters. The summed E-state index contributed by atoms with van der Waals surface area (Å²) in [6.07, 6.45) is 0.528. The molecule has 1 aromatic rings. The minimum atomic E-state index is -3.14. The van der Waals surface area contributed by atoms with Gasteiger partial charge >= 0.3 is 0 Å². The zero-order valence-electron chi connectivity index (χ0n) is 8.35. The van der Waals surface area contributed by atoms with Gasteiger partial charge in [-0.2, -0.15) is 0 Å². The van der Waals surface area contributed by atoms with Crippen molar-refractivity contribution in [1.82, 2.24) is 0 Å². The molecule has 0 radical (unpaired) electrons. The van der Waals surface area contributed by atoms with Gasteiger partial charge in [0.2, 0.25) is 0 Å². The van der Waals surface area contributed by atoms with Crippen LogP contribution < -0.4 is 0 Å². The Bertz CT molecular complexity index is 428. The predicted octanol–water partition coefficient (Wildman–Crippen LogP) is 1.29. The van der Waals surface area contributed by atoms with E-state index in [9.17, 15) is 13.5 Å². The highest BCUT2D eigenvalue weighted by Crippen LogP contribution is 2.12. The highest BCUT2D eigenvalue weighted by Gasteiger charge is 2.12. The van der Waals surface area contributed by atoms with E-state index in [1.807, 2.05) is 0 Å². The summed E-state index contributed by atoms with van der Waals surface area (Å²) in [4.78, 5) is 0. The molecule has 0 aliphatic rings. The molecule has 1 N–H and O–H groups in total. The molecule has 0 amide bonds. The van der Waals surface area contributed by atoms with Crippen LogP contribution >= 0.6 is 11.6 Å². The lowest BCUT2D eigenvalue weighted by Crippen LogP contribution is -2.21. The van der Waals surface area contributed by atoms with Crippen molar-refractivity contribution in [2.75, 3.05) is 12.0 Å². The first-order valence-corrected chi connectivity index (χ1v) is 6.91. The number of hydrogen-bond donors (Lipinski definition) is 1. The first-order valence-electron chi connectivity index (χ1n) is 4.47. The van der Waals surface area contributed by atoms with E-state index in [0.29, 0.717) is 11.4 Å². The van der Waals surface area contributed by atoms with Gasteiger partial charge in [-0.3, -0.25) is 0 Å². The molecule has 5 heteroatoms. The van der Waals surface area contributed by atoms with E-state index in [1.54, 1.807) is 24.3 Å². The molecule has 1 rings (SSSR count). The maximum Gasteiger partial charge on any atom is 0.150 e.